The van der Waals surface area contributed by atoms with E-state index >= 15 is 0 Å². The van der Waals surface area contributed by atoms with E-state index in [1.54, 1.807) is 6.20 Å². The van der Waals surface area contributed by atoms with Crippen molar-refractivity contribution in [3.63, 3.8) is 0 Å². The van der Waals surface area contributed by atoms with Crippen LogP contribution in [-0.2, 0) is 9.53 Å². The Morgan fingerprint density at radius 3 is 2.64 bits per heavy atom. The zero-order chi connectivity index (χ0) is 14.4. The molecule has 2 rings (SSSR count). The Labute approximate surface area is 143 Å². The third-order valence-electron chi connectivity index (χ3n) is 3.34. The van der Waals surface area contributed by atoms with E-state index in [1.807, 2.05) is 12.1 Å². The number of carbonyl (C=O) groups excluding carboxylic acids is 1. The molecule has 0 spiro atoms. The summed E-state index contributed by atoms with van der Waals surface area (Å²) in [5.41, 5.74) is 0.707. The second kappa shape index (κ2) is 10.6. The molecule has 6 nitrogen and oxygen atoms in total. The van der Waals surface area contributed by atoms with Gasteiger partial charge in [0, 0.05) is 19.6 Å². The van der Waals surface area contributed by atoms with Crippen molar-refractivity contribution in [3.05, 3.63) is 18.3 Å². The molecular weight excluding hydrogens is 327 g/mol. The van der Waals surface area contributed by atoms with Crippen molar-refractivity contribution in [2.75, 3.05) is 43.1 Å². The van der Waals surface area contributed by atoms with Crippen molar-refractivity contribution >= 4 is 42.2 Å². The van der Waals surface area contributed by atoms with Gasteiger partial charge < -0.3 is 20.3 Å². The van der Waals surface area contributed by atoms with E-state index in [2.05, 4.69) is 34.4 Å². The molecule has 1 aliphatic rings. The quantitative estimate of drug-likeness (QED) is 0.845. The largest absolute Gasteiger partial charge is 0.378 e. The van der Waals surface area contributed by atoms with Gasteiger partial charge in [0.05, 0.1) is 25.1 Å². The fourth-order valence-corrected chi connectivity index (χ4v) is 2.16. The molecule has 0 aliphatic carbocycles. The SMILES string of the molecule is CCN(CC)c1ccc(NC(=O)C2COCCN2)cn1.Cl.Cl. The number of hydrogen-bond donors (Lipinski definition) is 2. The molecule has 2 N–H and O–H groups in total. The Morgan fingerprint density at radius 2 is 2.14 bits per heavy atom. The van der Waals surface area contributed by atoms with Crippen molar-refractivity contribution in [1.82, 2.24) is 10.3 Å². The van der Waals surface area contributed by atoms with Crippen molar-refractivity contribution in [2.45, 2.75) is 19.9 Å². The average molecular weight is 351 g/mol. The summed E-state index contributed by atoms with van der Waals surface area (Å²) < 4.78 is 5.27. The van der Waals surface area contributed by atoms with Crippen LogP contribution < -0.4 is 15.5 Å². The van der Waals surface area contributed by atoms with Gasteiger partial charge in [-0.3, -0.25) is 4.79 Å². The van der Waals surface area contributed by atoms with Gasteiger partial charge in [0.2, 0.25) is 5.91 Å². The second-order valence-electron chi connectivity index (χ2n) is 4.65. The Bertz CT molecular complexity index is 435. The summed E-state index contributed by atoms with van der Waals surface area (Å²) in [6, 6.07) is 3.52. The molecule has 1 amide bonds. The number of morpholine rings is 1. The third kappa shape index (κ3) is 5.61. The van der Waals surface area contributed by atoms with Crippen LogP contribution in [0.5, 0.6) is 0 Å². The molecule has 126 valence electrons. The molecule has 0 saturated carbocycles. The Balaban J connectivity index is 0.00000220. The first-order valence-electron chi connectivity index (χ1n) is 7.07. The van der Waals surface area contributed by atoms with Crippen LogP contribution in [0.2, 0.25) is 0 Å². The van der Waals surface area contributed by atoms with E-state index in [4.69, 9.17) is 4.74 Å². The first-order chi connectivity index (χ1) is 9.74. The van der Waals surface area contributed by atoms with Crippen LogP contribution in [0.25, 0.3) is 0 Å². The lowest BCUT2D eigenvalue weighted by Crippen LogP contribution is -2.48. The molecule has 1 saturated heterocycles. The summed E-state index contributed by atoms with van der Waals surface area (Å²) in [6.07, 6.45) is 1.69. The predicted molar refractivity (Wildman–Crippen MR) is 93.5 cm³/mol. The first kappa shape index (κ1) is 20.9. The Kier molecular flexibility index (Phi) is 10.1. The highest BCUT2D eigenvalue weighted by atomic mass is 35.5. The van der Waals surface area contributed by atoms with Gasteiger partial charge in [-0.2, -0.15) is 0 Å². The molecule has 1 fully saturated rings. The van der Waals surface area contributed by atoms with E-state index < -0.39 is 0 Å². The molecule has 0 aromatic carbocycles. The summed E-state index contributed by atoms with van der Waals surface area (Å²) in [7, 11) is 0. The molecular formula is C14H24Cl2N4O2. The zero-order valence-corrected chi connectivity index (χ0v) is 14.5. The number of carbonyl (C=O) groups is 1. The first-order valence-corrected chi connectivity index (χ1v) is 7.07. The minimum absolute atomic E-state index is 0. The minimum atomic E-state index is -0.286. The maximum absolute atomic E-state index is 12.0. The number of aromatic nitrogens is 1. The number of amides is 1. The normalized spacial score (nSPS) is 16.9. The number of pyridine rings is 1. The van der Waals surface area contributed by atoms with Gasteiger partial charge in [-0.05, 0) is 26.0 Å². The molecule has 22 heavy (non-hydrogen) atoms. The zero-order valence-electron chi connectivity index (χ0n) is 12.9. The smallest absolute Gasteiger partial charge is 0.243 e. The fourth-order valence-electron chi connectivity index (χ4n) is 2.16. The van der Waals surface area contributed by atoms with Crippen molar-refractivity contribution in [1.29, 1.82) is 0 Å². The highest BCUT2D eigenvalue weighted by Gasteiger charge is 2.21. The van der Waals surface area contributed by atoms with Gasteiger partial charge in [-0.1, -0.05) is 0 Å². The van der Waals surface area contributed by atoms with E-state index in [0.29, 0.717) is 25.4 Å². The van der Waals surface area contributed by atoms with Crippen LogP contribution in [-0.4, -0.2) is 49.8 Å². The highest BCUT2D eigenvalue weighted by Crippen LogP contribution is 2.14. The second-order valence-corrected chi connectivity index (χ2v) is 4.65. The predicted octanol–water partition coefficient (Wildman–Crippen LogP) is 1.70. The van der Waals surface area contributed by atoms with Gasteiger partial charge >= 0.3 is 0 Å². The Hall–Kier alpha value is -1.08. The van der Waals surface area contributed by atoms with Crippen LogP contribution >= 0.6 is 24.8 Å². The van der Waals surface area contributed by atoms with Crippen LogP contribution in [0.3, 0.4) is 0 Å². The van der Waals surface area contributed by atoms with Crippen LogP contribution in [0.1, 0.15) is 13.8 Å². The Morgan fingerprint density at radius 1 is 1.41 bits per heavy atom. The lowest BCUT2D eigenvalue weighted by atomic mass is 10.2. The number of hydrogen-bond acceptors (Lipinski definition) is 5. The van der Waals surface area contributed by atoms with E-state index in [9.17, 15) is 4.79 Å². The topological polar surface area (TPSA) is 66.5 Å². The van der Waals surface area contributed by atoms with E-state index in [-0.39, 0.29) is 36.8 Å². The molecule has 2 heterocycles. The maximum atomic E-state index is 12.0. The number of nitrogens with zero attached hydrogens (tertiary/aromatic N) is 2. The van der Waals surface area contributed by atoms with Gasteiger partial charge in [-0.25, -0.2) is 4.98 Å². The van der Waals surface area contributed by atoms with Crippen LogP contribution in [0.15, 0.2) is 18.3 Å². The van der Waals surface area contributed by atoms with E-state index in [1.165, 1.54) is 0 Å². The number of halogens is 2. The van der Waals surface area contributed by atoms with Crippen molar-refractivity contribution in [3.8, 4) is 0 Å². The van der Waals surface area contributed by atoms with Gasteiger partial charge in [0.25, 0.3) is 0 Å². The molecule has 0 bridgehead atoms. The van der Waals surface area contributed by atoms with Gasteiger partial charge in [0.15, 0.2) is 0 Å². The number of anilines is 2. The number of nitrogens with one attached hydrogen (secondary N) is 2. The van der Waals surface area contributed by atoms with Crippen molar-refractivity contribution < 1.29 is 9.53 Å². The monoisotopic (exact) mass is 350 g/mol. The summed E-state index contributed by atoms with van der Waals surface area (Å²) in [5.74, 6) is 0.842. The summed E-state index contributed by atoms with van der Waals surface area (Å²) in [5, 5.41) is 5.97. The van der Waals surface area contributed by atoms with Gasteiger partial charge in [-0.15, -0.1) is 24.8 Å². The molecule has 1 unspecified atom stereocenters. The molecule has 1 aliphatic heterocycles. The number of rotatable bonds is 5. The molecule has 8 heteroatoms. The number of ether oxygens (including phenoxy) is 1. The lowest BCUT2D eigenvalue weighted by molar-refractivity contribution is -0.120. The average Bonchev–Trinajstić information content (AvgIpc) is 2.51. The summed E-state index contributed by atoms with van der Waals surface area (Å²) in [4.78, 5) is 18.5. The van der Waals surface area contributed by atoms with Gasteiger partial charge in [0.1, 0.15) is 11.9 Å². The molecule has 1 aromatic heterocycles. The molecule has 0 radical (unpaired) electrons. The standard InChI is InChI=1S/C14H22N4O2.2ClH/c1-3-18(4-2)13-6-5-11(9-16-13)17-14(19)12-10-20-8-7-15-12;;/h5-6,9,12,15H,3-4,7-8,10H2,1-2H3,(H,17,19);2*1H. The summed E-state index contributed by atoms with van der Waals surface area (Å²) >= 11 is 0. The molecule has 1 atom stereocenters. The lowest BCUT2D eigenvalue weighted by Gasteiger charge is -2.23. The van der Waals surface area contributed by atoms with E-state index in [0.717, 1.165) is 18.9 Å². The highest BCUT2D eigenvalue weighted by molar-refractivity contribution is 5.94. The van der Waals surface area contributed by atoms with Crippen LogP contribution in [0, 0.1) is 0 Å². The fraction of sp³-hybridized carbons (Fsp3) is 0.571. The third-order valence-corrected chi connectivity index (χ3v) is 3.34. The summed E-state index contributed by atoms with van der Waals surface area (Å²) in [6.45, 7) is 7.79. The minimum Gasteiger partial charge on any atom is -0.378 e. The molecule has 1 aromatic rings. The van der Waals surface area contributed by atoms with Crippen molar-refractivity contribution in [2.24, 2.45) is 0 Å². The maximum Gasteiger partial charge on any atom is 0.243 e. The van der Waals surface area contributed by atoms with Crippen LogP contribution in [0.4, 0.5) is 11.5 Å².